The van der Waals surface area contributed by atoms with Crippen LogP contribution in [0.2, 0.25) is 0 Å². The Hall–Kier alpha value is -2.98. The van der Waals surface area contributed by atoms with E-state index in [9.17, 15) is 8.78 Å². The highest BCUT2D eigenvalue weighted by molar-refractivity contribution is 9.11. The maximum atomic E-state index is 13.0. The number of benzene rings is 2. The third-order valence-electron chi connectivity index (χ3n) is 3.58. The zero-order valence-electron chi connectivity index (χ0n) is 14.4. The van der Waals surface area contributed by atoms with Crippen LogP contribution in [0, 0.1) is 34.3 Å². The quantitative estimate of drug-likeness (QED) is 0.328. The van der Waals surface area contributed by atoms with Gasteiger partial charge in [0.2, 0.25) is 0 Å². The molecule has 0 spiro atoms. The number of thiazole rings is 2. The van der Waals surface area contributed by atoms with Crippen LogP contribution in [-0.4, -0.2) is 9.97 Å². The molecule has 0 aliphatic rings. The summed E-state index contributed by atoms with van der Waals surface area (Å²) in [6, 6.07) is 12.4. The Morgan fingerprint density at radius 2 is 1.45 bits per heavy atom. The molecule has 0 N–H and O–H groups in total. The lowest BCUT2D eigenvalue weighted by Gasteiger charge is -1.97. The molecular weight excluding hydrogens is 478 g/mol. The van der Waals surface area contributed by atoms with Crippen LogP contribution >= 0.6 is 38.6 Å². The van der Waals surface area contributed by atoms with E-state index in [1.807, 2.05) is 5.38 Å². The molecule has 2 aromatic carbocycles. The summed E-state index contributed by atoms with van der Waals surface area (Å²) in [5.74, 6) is -0.996. The summed E-state index contributed by atoms with van der Waals surface area (Å²) in [5, 5.41) is 20.7. The zero-order chi connectivity index (χ0) is 20.8. The molecule has 2 heterocycles. The molecular formula is C20H9BrF2N4S2. The van der Waals surface area contributed by atoms with Gasteiger partial charge >= 0.3 is 0 Å². The molecule has 0 saturated heterocycles. The summed E-state index contributed by atoms with van der Waals surface area (Å²) < 4.78 is 26.9. The third kappa shape index (κ3) is 5.09. The van der Waals surface area contributed by atoms with Crippen LogP contribution in [0.5, 0.6) is 0 Å². The maximum absolute atomic E-state index is 13.0. The Balaban J connectivity index is 0.000000166. The molecule has 0 radical (unpaired) electrons. The van der Waals surface area contributed by atoms with Crippen LogP contribution in [0.25, 0.3) is 21.1 Å². The predicted molar refractivity (Wildman–Crippen MR) is 112 cm³/mol. The molecule has 0 aliphatic heterocycles. The molecule has 0 saturated carbocycles. The topological polar surface area (TPSA) is 73.4 Å². The summed E-state index contributed by atoms with van der Waals surface area (Å²) >= 11 is 6.19. The standard InChI is InChI=1S/C10H4BrFN2S.C10H5FN2S/c11-9-5-14-10(15-9)6-1-2-8(12)7(3-6)4-13;11-9-2-1-7(5-8(9)6-12)10-13-3-4-14-10/h1-3,5H;1-5H. The average molecular weight is 487 g/mol. The van der Waals surface area contributed by atoms with Gasteiger partial charge in [0.25, 0.3) is 0 Å². The number of aromatic nitrogens is 2. The number of rotatable bonds is 2. The van der Waals surface area contributed by atoms with Crippen molar-refractivity contribution >= 4 is 38.6 Å². The fourth-order valence-electron chi connectivity index (χ4n) is 2.24. The Bertz CT molecular complexity index is 1220. The molecule has 0 atom stereocenters. The number of nitriles is 2. The molecule has 4 rings (SSSR count). The van der Waals surface area contributed by atoms with Crippen LogP contribution < -0.4 is 0 Å². The highest BCUT2D eigenvalue weighted by Crippen LogP contribution is 2.29. The van der Waals surface area contributed by atoms with Gasteiger partial charge in [-0.3, -0.25) is 0 Å². The first-order valence-electron chi connectivity index (χ1n) is 7.92. The molecule has 9 heteroatoms. The van der Waals surface area contributed by atoms with Crippen molar-refractivity contribution < 1.29 is 8.78 Å². The van der Waals surface area contributed by atoms with Crippen LogP contribution in [0.1, 0.15) is 11.1 Å². The number of hydrogen-bond donors (Lipinski definition) is 0. The Morgan fingerprint density at radius 1 is 0.862 bits per heavy atom. The Kier molecular flexibility index (Phi) is 6.78. The van der Waals surface area contributed by atoms with Crippen molar-refractivity contribution in [2.24, 2.45) is 0 Å². The minimum Gasteiger partial charge on any atom is -0.245 e. The van der Waals surface area contributed by atoms with Gasteiger partial charge in [0.1, 0.15) is 33.8 Å². The Morgan fingerprint density at radius 3 is 1.90 bits per heavy atom. The Labute approximate surface area is 181 Å². The van der Waals surface area contributed by atoms with Crippen molar-refractivity contribution in [1.82, 2.24) is 9.97 Å². The second-order valence-electron chi connectivity index (χ2n) is 5.42. The van der Waals surface area contributed by atoms with Crippen molar-refractivity contribution in [2.45, 2.75) is 0 Å². The van der Waals surface area contributed by atoms with Gasteiger partial charge in [-0.25, -0.2) is 18.7 Å². The van der Waals surface area contributed by atoms with Crippen LogP contribution in [0.3, 0.4) is 0 Å². The van der Waals surface area contributed by atoms with E-state index in [2.05, 4.69) is 25.9 Å². The van der Waals surface area contributed by atoms with Gasteiger partial charge in [0, 0.05) is 22.7 Å². The molecule has 0 fully saturated rings. The summed E-state index contributed by atoms with van der Waals surface area (Å²) in [7, 11) is 0. The average Bonchev–Trinajstić information content (AvgIpc) is 3.41. The molecule has 2 aromatic heterocycles. The molecule has 0 amide bonds. The fraction of sp³-hybridized carbons (Fsp3) is 0. The number of halogens is 3. The first kappa shape index (κ1) is 20.7. The first-order chi connectivity index (χ1) is 14.0. The highest BCUT2D eigenvalue weighted by Gasteiger charge is 2.07. The van der Waals surface area contributed by atoms with Gasteiger partial charge in [-0.15, -0.1) is 22.7 Å². The maximum Gasteiger partial charge on any atom is 0.140 e. The molecule has 4 nitrogen and oxygen atoms in total. The first-order valence-corrected chi connectivity index (χ1v) is 10.4. The van der Waals surface area contributed by atoms with Crippen molar-refractivity contribution in [3.63, 3.8) is 0 Å². The molecule has 0 aliphatic carbocycles. The molecule has 4 aromatic rings. The largest absolute Gasteiger partial charge is 0.245 e. The fourth-order valence-corrected chi connectivity index (χ4v) is 4.08. The third-order valence-corrected chi connectivity index (χ3v) is 5.92. The van der Waals surface area contributed by atoms with Crippen molar-refractivity contribution in [3.8, 4) is 33.3 Å². The minimum atomic E-state index is -0.503. The predicted octanol–water partition coefficient (Wildman–Crippen LogP) is 6.40. The normalized spacial score (nSPS) is 9.83. The van der Waals surface area contributed by atoms with E-state index in [-0.39, 0.29) is 11.1 Å². The second-order valence-corrected chi connectivity index (χ2v) is 8.72. The molecule has 0 bridgehead atoms. The SMILES string of the molecule is N#Cc1cc(-c2ncc(Br)s2)ccc1F.N#Cc1cc(-c2nccs2)ccc1F. The van der Waals surface area contributed by atoms with Crippen molar-refractivity contribution in [3.05, 3.63) is 80.7 Å². The summed E-state index contributed by atoms with van der Waals surface area (Å²) in [6.45, 7) is 0. The van der Waals surface area contributed by atoms with Crippen molar-refractivity contribution in [2.75, 3.05) is 0 Å². The molecule has 29 heavy (non-hydrogen) atoms. The van der Waals surface area contributed by atoms with Gasteiger partial charge in [-0.05, 0) is 52.3 Å². The molecule has 142 valence electrons. The van der Waals surface area contributed by atoms with Gasteiger partial charge in [0.15, 0.2) is 0 Å². The van der Waals surface area contributed by atoms with Crippen LogP contribution in [0.4, 0.5) is 8.78 Å². The van der Waals surface area contributed by atoms with E-state index in [0.29, 0.717) is 0 Å². The lowest BCUT2D eigenvalue weighted by Crippen LogP contribution is -1.84. The minimum absolute atomic E-state index is 0.0406. The van der Waals surface area contributed by atoms with Gasteiger partial charge in [0.05, 0.1) is 21.1 Å². The zero-order valence-corrected chi connectivity index (χ0v) is 17.7. The van der Waals surface area contributed by atoms with Gasteiger partial charge in [-0.2, -0.15) is 10.5 Å². The van der Waals surface area contributed by atoms with Crippen molar-refractivity contribution in [1.29, 1.82) is 10.5 Å². The van der Waals surface area contributed by atoms with Crippen LogP contribution in [-0.2, 0) is 0 Å². The van der Waals surface area contributed by atoms with E-state index in [1.165, 1.54) is 46.9 Å². The number of nitrogens with zero attached hydrogens (tertiary/aromatic N) is 4. The highest BCUT2D eigenvalue weighted by atomic mass is 79.9. The summed E-state index contributed by atoms with van der Waals surface area (Å²) in [5.41, 5.74) is 1.62. The van der Waals surface area contributed by atoms with Gasteiger partial charge in [-0.1, -0.05) is 0 Å². The lowest BCUT2D eigenvalue weighted by molar-refractivity contribution is 0.623. The van der Waals surface area contributed by atoms with E-state index < -0.39 is 11.6 Å². The summed E-state index contributed by atoms with van der Waals surface area (Å²) in [4.78, 5) is 8.21. The second kappa shape index (κ2) is 9.48. The van der Waals surface area contributed by atoms with Crippen LogP contribution in [0.15, 0.2) is 58.0 Å². The molecule has 0 unspecified atom stereocenters. The van der Waals surface area contributed by atoms with E-state index in [1.54, 1.807) is 36.7 Å². The smallest absolute Gasteiger partial charge is 0.140 e. The van der Waals surface area contributed by atoms with E-state index in [4.69, 9.17) is 10.5 Å². The van der Waals surface area contributed by atoms with Gasteiger partial charge < -0.3 is 0 Å². The van der Waals surface area contributed by atoms with E-state index in [0.717, 1.165) is 24.9 Å². The number of hydrogen-bond acceptors (Lipinski definition) is 6. The monoisotopic (exact) mass is 486 g/mol. The summed E-state index contributed by atoms with van der Waals surface area (Å²) in [6.07, 6.45) is 3.35. The lowest BCUT2D eigenvalue weighted by atomic mass is 10.1. The van der Waals surface area contributed by atoms with E-state index >= 15 is 0 Å².